The van der Waals surface area contributed by atoms with Gasteiger partial charge in [0, 0.05) is 16.1 Å². The number of hydrogen-bond donors (Lipinski definition) is 1. The average molecular weight is 260 g/mol. The molecule has 0 aliphatic rings. The summed E-state index contributed by atoms with van der Waals surface area (Å²) in [5, 5.41) is 0. The fourth-order valence-corrected chi connectivity index (χ4v) is 1.76. The zero-order valence-electron chi connectivity index (χ0n) is 8.26. The highest BCUT2D eigenvalue weighted by molar-refractivity contribution is 9.10. The Balaban J connectivity index is 2.77. The molecule has 2 N–H and O–H groups in total. The van der Waals surface area contributed by atoms with Gasteiger partial charge >= 0.3 is 0 Å². The van der Waals surface area contributed by atoms with Crippen molar-refractivity contribution in [3.05, 3.63) is 34.1 Å². The summed E-state index contributed by atoms with van der Waals surface area (Å²) in [5.41, 5.74) is 6.49. The molecule has 0 aliphatic carbocycles. The SMILES string of the molecule is CCCCC(N)c1cc(Br)ccc1F. The smallest absolute Gasteiger partial charge is 0.128 e. The van der Waals surface area contributed by atoms with Gasteiger partial charge in [-0.25, -0.2) is 4.39 Å². The van der Waals surface area contributed by atoms with E-state index in [4.69, 9.17) is 5.73 Å². The minimum Gasteiger partial charge on any atom is -0.324 e. The van der Waals surface area contributed by atoms with Gasteiger partial charge in [-0.3, -0.25) is 0 Å². The van der Waals surface area contributed by atoms with E-state index in [-0.39, 0.29) is 11.9 Å². The molecule has 1 aromatic carbocycles. The van der Waals surface area contributed by atoms with E-state index in [9.17, 15) is 4.39 Å². The molecule has 14 heavy (non-hydrogen) atoms. The molecule has 0 heterocycles. The van der Waals surface area contributed by atoms with E-state index in [0.717, 1.165) is 23.7 Å². The van der Waals surface area contributed by atoms with Crippen LogP contribution in [0, 0.1) is 5.82 Å². The predicted octanol–water partition coefficient (Wildman–Crippen LogP) is 3.78. The third kappa shape index (κ3) is 3.07. The van der Waals surface area contributed by atoms with Crippen molar-refractivity contribution in [2.24, 2.45) is 5.73 Å². The Labute approximate surface area is 92.6 Å². The van der Waals surface area contributed by atoms with E-state index < -0.39 is 0 Å². The molecular formula is C11H15BrFN. The lowest BCUT2D eigenvalue weighted by Gasteiger charge is -2.12. The maximum Gasteiger partial charge on any atom is 0.128 e. The average Bonchev–Trinajstić information content (AvgIpc) is 2.18. The molecule has 0 aliphatic heterocycles. The first kappa shape index (κ1) is 11.7. The first-order chi connectivity index (χ1) is 6.65. The van der Waals surface area contributed by atoms with Crippen LogP contribution in [0.3, 0.4) is 0 Å². The van der Waals surface area contributed by atoms with Crippen LogP contribution >= 0.6 is 15.9 Å². The number of unbranched alkanes of at least 4 members (excludes halogenated alkanes) is 1. The Morgan fingerprint density at radius 3 is 2.86 bits per heavy atom. The van der Waals surface area contributed by atoms with E-state index >= 15 is 0 Å². The van der Waals surface area contributed by atoms with Crippen LogP contribution < -0.4 is 5.73 Å². The molecule has 0 bridgehead atoms. The Morgan fingerprint density at radius 2 is 2.21 bits per heavy atom. The minimum atomic E-state index is -0.211. The zero-order valence-corrected chi connectivity index (χ0v) is 9.85. The molecule has 1 atom stereocenters. The van der Waals surface area contributed by atoms with E-state index in [1.54, 1.807) is 12.1 Å². The Hall–Kier alpha value is -0.410. The molecule has 0 radical (unpaired) electrons. The molecule has 0 saturated carbocycles. The van der Waals surface area contributed by atoms with E-state index in [1.165, 1.54) is 6.07 Å². The van der Waals surface area contributed by atoms with Gasteiger partial charge in [-0.2, -0.15) is 0 Å². The van der Waals surface area contributed by atoms with Crippen molar-refractivity contribution in [3.8, 4) is 0 Å². The normalized spacial score (nSPS) is 12.9. The lowest BCUT2D eigenvalue weighted by atomic mass is 10.0. The maximum atomic E-state index is 13.3. The van der Waals surface area contributed by atoms with Gasteiger partial charge in [0.25, 0.3) is 0 Å². The summed E-state index contributed by atoms with van der Waals surface area (Å²) >= 11 is 3.31. The second kappa shape index (κ2) is 5.47. The van der Waals surface area contributed by atoms with Crippen molar-refractivity contribution in [1.82, 2.24) is 0 Å². The highest BCUT2D eigenvalue weighted by atomic mass is 79.9. The van der Waals surface area contributed by atoms with Gasteiger partial charge in [0.15, 0.2) is 0 Å². The summed E-state index contributed by atoms with van der Waals surface area (Å²) in [7, 11) is 0. The molecule has 78 valence electrons. The standard InChI is InChI=1S/C11H15BrFN/c1-2-3-4-11(14)9-7-8(12)5-6-10(9)13/h5-7,11H,2-4,14H2,1H3. The Morgan fingerprint density at radius 1 is 1.50 bits per heavy atom. The monoisotopic (exact) mass is 259 g/mol. The van der Waals surface area contributed by atoms with E-state index in [1.807, 2.05) is 0 Å². The van der Waals surface area contributed by atoms with Gasteiger partial charge in [0.05, 0.1) is 0 Å². The molecule has 0 spiro atoms. The minimum absolute atomic E-state index is 0.188. The van der Waals surface area contributed by atoms with Crippen LogP contribution in [0.4, 0.5) is 4.39 Å². The van der Waals surface area contributed by atoms with Gasteiger partial charge in [0.2, 0.25) is 0 Å². The van der Waals surface area contributed by atoms with Crippen molar-refractivity contribution >= 4 is 15.9 Å². The van der Waals surface area contributed by atoms with Gasteiger partial charge < -0.3 is 5.73 Å². The highest BCUT2D eigenvalue weighted by Crippen LogP contribution is 2.23. The third-order valence-electron chi connectivity index (χ3n) is 2.23. The molecule has 0 amide bonds. The Kier molecular flexibility index (Phi) is 4.55. The second-order valence-corrected chi connectivity index (χ2v) is 4.33. The van der Waals surface area contributed by atoms with Crippen molar-refractivity contribution < 1.29 is 4.39 Å². The molecule has 3 heteroatoms. The number of hydrogen-bond acceptors (Lipinski definition) is 1. The lowest BCUT2D eigenvalue weighted by molar-refractivity contribution is 0.547. The fourth-order valence-electron chi connectivity index (χ4n) is 1.38. The van der Waals surface area contributed by atoms with Crippen molar-refractivity contribution in [1.29, 1.82) is 0 Å². The molecule has 1 rings (SSSR count). The summed E-state index contributed by atoms with van der Waals surface area (Å²) in [6, 6.07) is 4.71. The number of rotatable bonds is 4. The van der Waals surface area contributed by atoms with E-state index in [0.29, 0.717) is 5.56 Å². The number of nitrogens with two attached hydrogens (primary N) is 1. The van der Waals surface area contributed by atoms with Crippen molar-refractivity contribution in [3.63, 3.8) is 0 Å². The topological polar surface area (TPSA) is 26.0 Å². The third-order valence-corrected chi connectivity index (χ3v) is 2.72. The summed E-state index contributed by atoms with van der Waals surface area (Å²) < 4.78 is 14.2. The lowest BCUT2D eigenvalue weighted by Crippen LogP contribution is -2.11. The van der Waals surface area contributed by atoms with E-state index in [2.05, 4.69) is 22.9 Å². The van der Waals surface area contributed by atoms with Gasteiger partial charge in [-0.05, 0) is 24.6 Å². The molecule has 0 fully saturated rings. The largest absolute Gasteiger partial charge is 0.324 e. The van der Waals surface area contributed by atoms with Crippen LogP contribution in [-0.4, -0.2) is 0 Å². The van der Waals surface area contributed by atoms with Crippen LogP contribution in [0.1, 0.15) is 37.8 Å². The molecule has 1 unspecified atom stereocenters. The Bertz CT molecular complexity index is 301. The molecular weight excluding hydrogens is 245 g/mol. The summed E-state index contributed by atoms with van der Waals surface area (Å²) in [4.78, 5) is 0. The van der Waals surface area contributed by atoms with Gasteiger partial charge in [-0.1, -0.05) is 35.7 Å². The van der Waals surface area contributed by atoms with Crippen LogP contribution in [-0.2, 0) is 0 Å². The number of halogens is 2. The summed E-state index contributed by atoms with van der Waals surface area (Å²) in [5.74, 6) is -0.211. The van der Waals surface area contributed by atoms with Gasteiger partial charge in [0.1, 0.15) is 5.82 Å². The number of benzene rings is 1. The van der Waals surface area contributed by atoms with Gasteiger partial charge in [-0.15, -0.1) is 0 Å². The molecule has 0 saturated heterocycles. The fraction of sp³-hybridized carbons (Fsp3) is 0.455. The molecule has 1 aromatic rings. The molecule has 1 nitrogen and oxygen atoms in total. The van der Waals surface area contributed by atoms with Crippen molar-refractivity contribution in [2.75, 3.05) is 0 Å². The van der Waals surface area contributed by atoms with Crippen LogP contribution in [0.2, 0.25) is 0 Å². The highest BCUT2D eigenvalue weighted by Gasteiger charge is 2.10. The predicted molar refractivity (Wildman–Crippen MR) is 60.6 cm³/mol. The first-order valence-electron chi connectivity index (χ1n) is 4.85. The summed E-state index contributed by atoms with van der Waals surface area (Å²) in [6.07, 6.45) is 2.96. The van der Waals surface area contributed by atoms with Crippen LogP contribution in [0.5, 0.6) is 0 Å². The van der Waals surface area contributed by atoms with Crippen LogP contribution in [0.15, 0.2) is 22.7 Å². The molecule has 0 aromatic heterocycles. The maximum absolute atomic E-state index is 13.3. The quantitative estimate of drug-likeness (QED) is 0.875. The second-order valence-electron chi connectivity index (χ2n) is 3.41. The summed E-state index contributed by atoms with van der Waals surface area (Å²) in [6.45, 7) is 2.10. The van der Waals surface area contributed by atoms with Crippen LogP contribution in [0.25, 0.3) is 0 Å². The first-order valence-corrected chi connectivity index (χ1v) is 5.65. The van der Waals surface area contributed by atoms with Crippen molar-refractivity contribution in [2.45, 2.75) is 32.2 Å². The zero-order chi connectivity index (χ0) is 10.6.